The first kappa shape index (κ1) is 17.8. The Hall–Kier alpha value is -3.29. The van der Waals surface area contributed by atoms with Gasteiger partial charge in [0.15, 0.2) is 5.82 Å². The van der Waals surface area contributed by atoms with Gasteiger partial charge < -0.3 is 9.47 Å². The first-order valence-corrected chi connectivity index (χ1v) is 10.0. The van der Waals surface area contributed by atoms with Crippen LogP contribution in [0.15, 0.2) is 58.6 Å². The van der Waals surface area contributed by atoms with E-state index in [1.807, 2.05) is 17.0 Å². The van der Waals surface area contributed by atoms with Gasteiger partial charge in [0.25, 0.3) is 11.1 Å². The Morgan fingerprint density at radius 1 is 1.07 bits per heavy atom. The molecule has 1 atom stereocenters. The van der Waals surface area contributed by atoms with Crippen molar-refractivity contribution >= 4 is 5.82 Å². The van der Waals surface area contributed by atoms with Crippen LogP contribution in [0.2, 0.25) is 0 Å². The molecule has 29 heavy (non-hydrogen) atoms. The molecule has 0 bridgehead atoms. The van der Waals surface area contributed by atoms with Crippen LogP contribution in [-0.2, 0) is 6.54 Å². The summed E-state index contributed by atoms with van der Waals surface area (Å²) in [5.74, 6) is 0.485. The summed E-state index contributed by atoms with van der Waals surface area (Å²) in [6, 6.07) is 7.34. The van der Waals surface area contributed by atoms with E-state index >= 15 is 0 Å². The predicted octanol–water partition coefficient (Wildman–Crippen LogP) is 1.87. The van der Waals surface area contributed by atoms with Gasteiger partial charge in [0.2, 0.25) is 0 Å². The topological polar surface area (TPSA) is 85.9 Å². The average molecular weight is 390 g/mol. The molecule has 1 saturated heterocycles. The zero-order valence-electron chi connectivity index (χ0n) is 16.0. The van der Waals surface area contributed by atoms with Gasteiger partial charge in [-0.2, -0.15) is 5.10 Å². The Morgan fingerprint density at radius 2 is 1.97 bits per heavy atom. The van der Waals surface area contributed by atoms with E-state index in [4.69, 9.17) is 0 Å². The smallest absolute Gasteiger partial charge is 0.293 e. The maximum absolute atomic E-state index is 12.9. The molecule has 1 unspecified atom stereocenters. The molecule has 2 aliphatic rings. The van der Waals surface area contributed by atoms with Crippen molar-refractivity contribution in [3.63, 3.8) is 0 Å². The van der Waals surface area contributed by atoms with Gasteiger partial charge in [-0.25, -0.2) is 9.67 Å². The van der Waals surface area contributed by atoms with Crippen molar-refractivity contribution in [3.05, 3.63) is 69.8 Å². The molecule has 148 valence electrons. The summed E-state index contributed by atoms with van der Waals surface area (Å²) in [5, 5.41) is 4.55. The van der Waals surface area contributed by atoms with Gasteiger partial charge in [-0.1, -0.05) is 0 Å². The second-order valence-corrected chi connectivity index (χ2v) is 7.66. The average Bonchev–Trinajstić information content (AvgIpc) is 3.49. The summed E-state index contributed by atoms with van der Waals surface area (Å²) in [5.41, 5.74) is 1.38. The van der Waals surface area contributed by atoms with Gasteiger partial charge >= 0.3 is 0 Å². The predicted molar refractivity (Wildman–Crippen MR) is 109 cm³/mol. The lowest BCUT2D eigenvalue weighted by Crippen LogP contribution is -2.41. The summed E-state index contributed by atoms with van der Waals surface area (Å²) in [4.78, 5) is 35.9. The van der Waals surface area contributed by atoms with Crippen LogP contribution in [0, 0.1) is 0 Å². The van der Waals surface area contributed by atoms with Crippen molar-refractivity contribution in [1.82, 2.24) is 24.3 Å². The maximum Gasteiger partial charge on any atom is 0.293 e. The minimum absolute atomic E-state index is 0.0135. The van der Waals surface area contributed by atoms with Crippen LogP contribution in [-0.4, -0.2) is 36.9 Å². The fourth-order valence-electron chi connectivity index (χ4n) is 4.00. The molecule has 1 aliphatic carbocycles. The van der Waals surface area contributed by atoms with E-state index in [-0.39, 0.29) is 17.2 Å². The number of nitrogens with zero attached hydrogens (tertiary/aromatic N) is 6. The number of anilines is 1. The summed E-state index contributed by atoms with van der Waals surface area (Å²) in [6.07, 6.45) is 10.9. The molecule has 0 amide bonds. The highest BCUT2D eigenvalue weighted by atomic mass is 16.1. The molecule has 8 heteroatoms. The summed E-state index contributed by atoms with van der Waals surface area (Å²) in [7, 11) is 0. The van der Waals surface area contributed by atoms with Gasteiger partial charge in [-0.3, -0.25) is 14.6 Å². The molecule has 3 aromatic rings. The van der Waals surface area contributed by atoms with Gasteiger partial charge in [-0.05, 0) is 43.9 Å². The molecule has 8 nitrogen and oxygen atoms in total. The van der Waals surface area contributed by atoms with Gasteiger partial charge in [0, 0.05) is 49.0 Å². The SMILES string of the molecule is O=c1c(N2CCCC2Cn2nc(-c3cccnc3)ccc2=O)nccn1C1CC1. The summed E-state index contributed by atoms with van der Waals surface area (Å²) >= 11 is 0. The summed E-state index contributed by atoms with van der Waals surface area (Å²) in [6.45, 7) is 1.19. The van der Waals surface area contributed by atoms with E-state index in [2.05, 4.69) is 15.1 Å². The molecule has 1 saturated carbocycles. The number of hydrogen-bond donors (Lipinski definition) is 0. The van der Waals surface area contributed by atoms with Gasteiger partial charge in [0.1, 0.15) is 0 Å². The van der Waals surface area contributed by atoms with Crippen LogP contribution >= 0.6 is 0 Å². The van der Waals surface area contributed by atoms with Crippen molar-refractivity contribution < 1.29 is 0 Å². The largest absolute Gasteiger partial charge is 0.347 e. The van der Waals surface area contributed by atoms with E-state index in [1.54, 1.807) is 35.4 Å². The quantitative estimate of drug-likeness (QED) is 0.661. The summed E-state index contributed by atoms with van der Waals surface area (Å²) < 4.78 is 3.29. The Kier molecular flexibility index (Phi) is 4.46. The fraction of sp³-hybridized carbons (Fsp3) is 0.381. The molecule has 3 aromatic heterocycles. The van der Waals surface area contributed by atoms with Crippen LogP contribution in [0.25, 0.3) is 11.3 Å². The zero-order chi connectivity index (χ0) is 19.8. The molecular formula is C21H22N6O2. The van der Waals surface area contributed by atoms with Crippen LogP contribution in [0.3, 0.4) is 0 Å². The Labute approximate surface area is 167 Å². The number of pyridine rings is 1. The molecule has 0 aromatic carbocycles. The van der Waals surface area contributed by atoms with Crippen LogP contribution in [0.1, 0.15) is 31.7 Å². The second kappa shape index (κ2) is 7.27. The first-order valence-electron chi connectivity index (χ1n) is 10.0. The van der Waals surface area contributed by atoms with Crippen LogP contribution < -0.4 is 16.0 Å². The highest BCUT2D eigenvalue weighted by Crippen LogP contribution is 2.33. The first-order chi connectivity index (χ1) is 14.2. The maximum atomic E-state index is 12.9. The second-order valence-electron chi connectivity index (χ2n) is 7.66. The highest BCUT2D eigenvalue weighted by molar-refractivity contribution is 5.56. The lowest BCUT2D eigenvalue weighted by molar-refractivity contribution is 0.487. The van der Waals surface area contributed by atoms with Crippen molar-refractivity contribution in [2.24, 2.45) is 0 Å². The fourth-order valence-corrected chi connectivity index (χ4v) is 4.00. The minimum Gasteiger partial charge on any atom is -0.347 e. The van der Waals surface area contributed by atoms with E-state index in [0.717, 1.165) is 37.8 Å². The highest BCUT2D eigenvalue weighted by Gasteiger charge is 2.31. The van der Waals surface area contributed by atoms with Crippen molar-refractivity contribution in [2.75, 3.05) is 11.4 Å². The molecule has 5 rings (SSSR count). The Morgan fingerprint density at radius 3 is 2.76 bits per heavy atom. The van der Waals surface area contributed by atoms with Crippen LogP contribution in [0.5, 0.6) is 0 Å². The molecule has 0 spiro atoms. The molecule has 4 heterocycles. The standard InChI is InChI=1S/C21H22N6O2/c28-19-8-7-18(15-3-1-9-22-13-15)24-27(19)14-17-4-2-11-25(17)20-21(29)26(12-10-23-20)16-5-6-16/h1,3,7-10,12-13,16-17H,2,4-6,11,14H2. The lowest BCUT2D eigenvalue weighted by atomic mass is 10.2. The Balaban J connectivity index is 1.44. The third-order valence-corrected chi connectivity index (χ3v) is 5.65. The van der Waals surface area contributed by atoms with E-state index in [9.17, 15) is 9.59 Å². The Bertz CT molecular complexity index is 1140. The lowest BCUT2D eigenvalue weighted by Gasteiger charge is -2.25. The minimum atomic E-state index is -0.152. The van der Waals surface area contributed by atoms with E-state index < -0.39 is 0 Å². The van der Waals surface area contributed by atoms with Gasteiger partial charge in [-0.15, -0.1) is 0 Å². The van der Waals surface area contributed by atoms with Crippen LogP contribution in [0.4, 0.5) is 5.82 Å². The third-order valence-electron chi connectivity index (χ3n) is 5.65. The van der Waals surface area contributed by atoms with Crippen molar-refractivity contribution in [1.29, 1.82) is 0 Å². The third kappa shape index (κ3) is 3.46. The zero-order valence-corrected chi connectivity index (χ0v) is 16.0. The monoisotopic (exact) mass is 390 g/mol. The molecule has 0 N–H and O–H groups in total. The van der Waals surface area contributed by atoms with E-state index in [1.165, 1.54) is 10.7 Å². The number of hydrogen-bond acceptors (Lipinski definition) is 6. The molecule has 1 aliphatic heterocycles. The molecule has 0 radical (unpaired) electrons. The van der Waals surface area contributed by atoms with Crippen molar-refractivity contribution in [2.45, 2.75) is 44.3 Å². The van der Waals surface area contributed by atoms with Crippen molar-refractivity contribution in [3.8, 4) is 11.3 Å². The number of rotatable bonds is 5. The number of aromatic nitrogens is 5. The van der Waals surface area contributed by atoms with E-state index in [0.29, 0.717) is 24.1 Å². The van der Waals surface area contributed by atoms with Gasteiger partial charge in [0.05, 0.1) is 18.3 Å². The molecule has 2 fully saturated rings. The molecular weight excluding hydrogens is 368 g/mol. The normalized spacial score (nSPS) is 18.9.